The van der Waals surface area contributed by atoms with E-state index in [-0.39, 0.29) is 11.8 Å². The molecule has 0 aromatic heterocycles. The molecule has 0 aliphatic carbocycles. The Kier molecular flexibility index (Phi) is 4.93. The molecule has 1 amide bonds. The predicted octanol–water partition coefficient (Wildman–Crippen LogP) is 1.18. The topological polar surface area (TPSA) is 78.3 Å². The molecule has 1 heterocycles. The van der Waals surface area contributed by atoms with Crippen LogP contribution in [-0.2, 0) is 9.53 Å². The highest BCUT2D eigenvalue weighted by Crippen LogP contribution is 2.17. The third-order valence-electron chi connectivity index (χ3n) is 2.41. The second-order valence-electron chi connectivity index (χ2n) is 3.52. The number of hydrogen-bond donors (Lipinski definition) is 0. The van der Waals surface area contributed by atoms with Crippen LogP contribution in [0.25, 0.3) is 10.4 Å². The molecule has 0 aromatic rings. The standard InChI is InChI=1S/C9H16N4O2/c1-2-15-4-3-13-7-8(5-9(13)14)6-11-12-10/h8H,2-7H2,1H3. The van der Waals surface area contributed by atoms with Gasteiger partial charge in [0, 0.05) is 37.6 Å². The summed E-state index contributed by atoms with van der Waals surface area (Å²) in [7, 11) is 0. The lowest BCUT2D eigenvalue weighted by atomic mass is 10.1. The maximum Gasteiger partial charge on any atom is 0.223 e. The zero-order chi connectivity index (χ0) is 11.1. The Morgan fingerprint density at radius 2 is 2.53 bits per heavy atom. The van der Waals surface area contributed by atoms with E-state index in [0.717, 1.165) is 0 Å². The number of carbonyl (C=O) groups excluding carboxylic acids is 1. The van der Waals surface area contributed by atoms with Crippen LogP contribution in [0.3, 0.4) is 0 Å². The molecule has 15 heavy (non-hydrogen) atoms. The number of carbonyl (C=O) groups is 1. The molecule has 6 nitrogen and oxygen atoms in total. The van der Waals surface area contributed by atoms with E-state index in [1.165, 1.54) is 0 Å². The monoisotopic (exact) mass is 212 g/mol. The second-order valence-corrected chi connectivity index (χ2v) is 3.52. The highest BCUT2D eigenvalue weighted by atomic mass is 16.5. The van der Waals surface area contributed by atoms with Crippen LogP contribution in [0.1, 0.15) is 13.3 Å². The van der Waals surface area contributed by atoms with Crippen LogP contribution in [0.2, 0.25) is 0 Å². The third-order valence-corrected chi connectivity index (χ3v) is 2.41. The summed E-state index contributed by atoms with van der Waals surface area (Å²) < 4.78 is 5.18. The molecule has 1 aliphatic rings. The minimum atomic E-state index is 0.132. The maximum atomic E-state index is 11.5. The minimum absolute atomic E-state index is 0.132. The van der Waals surface area contributed by atoms with Crippen molar-refractivity contribution in [1.29, 1.82) is 0 Å². The van der Waals surface area contributed by atoms with E-state index in [1.807, 2.05) is 6.92 Å². The number of rotatable bonds is 6. The van der Waals surface area contributed by atoms with Gasteiger partial charge in [0.05, 0.1) is 6.61 Å². The number of likely N-dealkylation sites (tertiary alicyclic amines) is 1. The molecule has 6 heteroatoms. The molecule has 0 spiro atoms. The van der Waals surface area contributed by atoms with Gasteiger partial charge in [-0.05, 0) is 18.4 Å². The van der Waals surface area contributed by atoms with Crippen molar-refractivity contribution in [3.05, 3.63) is 10.4 Å². The molecule has 0 bridgehead atoms. The number of nitrogens with zero attached hydrogens (tertiary/aromatic N) is 4. The average molecular weight is 212 g/mol. The first-order chi connectivity index (χ1) is 7.27. The number of ether oxygens (including phenoxy) is 1. The Morgan fingerprint density at radius 1 is 1.73 bits per heavy atom. The average Bonchev–Trinajstić information content (AvgIpc) is 2.57. The summed E-state index contributed by atoms with van der Waals surface area (Å²) in [5.41, 5.74) is 8.17. The molecule has 1 unspecified atom stereocenters. The van der Waals surface area contributed by atoms with Crippen molar-refractivity contribution in [3.8, 4) is 0 Å². The van der Waals surface area contributed by atoms with Crippen LogP contribution in [0, 0.1) is 5.92 Å². The Morgan fingerprint density at radius 3 is 3.20 bits per heavy atom. The quantitative estimate of drug-likeness (QED) is 0.287. The Bertz CT molecular complexity index is 263. The van der Waals surface area contributed by atoms with Crippen molar-refractivity contribution >= 4 is 5.91 Å². The van der Waals surface area contributed by atoms with Gasteiger partial charge in [0.25, 0.3) is 0 Å². The van der Waals surface area contributed by atoms with Gasteiger partial charge < -0.3 is 9.64 Å². The van der Waals surface area contributed by atoms with Gasteiger partial charge in [-0.2, -0.15) is 0 Å². The normalized spacial score (nSPS) is 20.5. The highest BCUT2D eigenvalue weighted by molar-refractivity contribution is 5.78. The fourth-order valence-electron chi connectivity index (χ4n) is 1.66. The van der Waals surface area contributed by atoms with E-state index in [4.69, 9.17) is 10.3 Å². The van der Waals surface area contributed by atoms with Gasteiger partial charge in [0.1, 0.15) is 0 Å². The first kappa shape index (κ1) is 11.8. The van der Waals surface area contributed by atoms with Gasteiger partial charge in [-0.15, -0.1) is 0 Å². The van der Waals surface area contributed by atoms with E-state index < -0.39 is 0 Å². The summed E-state index contributed by atoms with van der Waals surface area (Å²) in [5, 5.41) is 3.49. The summed E-state index contributed by atoms with van der Waals surface area (Å²) in [6.07, 6.45) is 0.491. The smallest absolute Gasteiger partial charge is 0.223 e. The minimum Gasteiger partial charge on any atom is -0.380 e. The van der Waals surface area contributed by atoms with Crippen molar-refractivity contribution in [2.24, 2.45) is 11.0 Å². The second kappa shape index (κ2) is 6.27. The van der Waals surface area contributed by atoms with Crippen molar-refractivity contribution in [2.75, 3.05) is 32.8 Å². The molecule has 1 rings (SSSR count). The van der Waals surface area contributed by atoms with Crippen molar-refractivity contribution in [3.63, 3.8) is 0 Å². The summed E-state index contributed by atoms with van der Waals surface area (Å²) in [5.74, 6) is 0.308. The van der Waals surface area contributed by atoms with Gasteiger partial charge in [-0.25, -0.2) is 0 Å². The molecular weight excluding hydrogens is 196 g/mol. The lowest BCUT2D eigenvalue weighted by Crippen LogP contribution is -2.29. The number of azide groups is 1. The van der Waals surface area contributed by atoms with Crippen LogP contribution in [0.4, 0.5) is 0 Å². The fraction of sp³-hybridized carbons (Fsp3) is 0.889. The van der Waals surface area contributed by atoms with Crippen LogP contribution in [0.5, 0.6) is 0 Å². The van der Waals surface area contributed by atoms with Gasteiger partial charge in [-0.3, -0.25) is 4.79 Å². The molecule has 1 saturated heterocycles. The summed E-state index contributed by atoms with van der Waals surface area (Å²) >= 11 is 0. The van der Waals surface area contributed by atoms with Crippen molar-refractivity contribution < 1.29 is 9.53 Å². The third kappa shape index (κ3) is 3.77. The zero-order valence-electron chi connectivity index (χ0n) is 8.93. The van der Waals surface area contributed by atoms with Gasteiger partial charge in [0.2, 0.25) is 5.91 Å². The lowest BCUT2D eigenvalue weighted by Gasteiger charge is -2.15. The first-order valence-electron chi connectivity index (χ1n) is 5.14. The van der Waals surface area contributed by atoms with Crippen molar-refractivity contribution in [1.82, 2.24) is 4.90 Å². The van der Waals surface area contributed by atoms with E-state index >= 15 is 0 Å². The van der Waals surface area contributed by atoms with E-state index in [0.29, 0.717) is 39.3 Å². The Balaban J connectivity index is 2.29. The molecule has 0 N–H and O–H groups in total. The molecule has 84 valence electrons. The fourth-order valence-corrected chi connectivity index (χ4v) is 1.66. The zero-order valence-corrected chi connectivity index (χ0v) is 8.93. The summed E-state index contributed by atoms with van der Waals surface area (Å²) in [6.45, 7) is 4.91. The van der Waals surface area contributed by atoms with Crippen LogP contribution in [-0.4, -0.2) is 43.7 Å². The Labute approximate surface area is 88.8 Å². The molecule has 0 saturated carbocycles. The van der Waals surface area contributed by atoms with E-state index in [9.17, 15) is 4.79 Å². The summed E-state index contributed by atoms with van der Waals surface area (Å²) in [4.78, 5) is 15.9. The van der Waals surface area contributed by atoms with E-state index in [1.54, 1.807) is 4.90 Å². The van der Waals surface area contributed by atoms with Gasteiger partial charge >= 0.3 is 0 Å². The SMILES string of the molecule is CCOCCN1CC(CN=[N+]=[N-])CC1=O. The van der Waals surface area contributed by atoms with Crippen LogP contribution < -0.4 is 0 Å². The molecule has 1 fully saturated rings. The lowest BCUT2D eigenvalue weighted by molar-refractivity contribution is -0.128. The van der Waals surface area contributed by atoms with E-state index in [2.05, 4.69) is 10.0 Å². The number of amides is 1. The molecular formula is C9H16N4O2. The summed E-state index contributed by atoms with van der Waals surface area (Å²) in [6, 6.07) is 0. The van der Waals surface area contributed by atoms with Gasteiger partial charge in [0.15, 0.2) is 0 Å². The van der Waals surface area contributed by atoms with Crippen LogP contribution in [0.15, 0.2) is 5.11 Å². The van der Waals surface area contributed by atoms with Crippen molar-refractivity contribution in [2.45, 2.75) is 13.3 Å². The molecule has 1 atom stereocenters. The first-order valence-corrected chi connectivity index (χ1v) is 5.14. The Hall–Kier alpha value is -1.26. The largest absolute Gasteiger partial charge is 0.380 e. The maximum absolute atomic E-state index is 11.5. The van der Waals surface area contributed by atoms with Gasteiger partial charge in [-0.1, -0.05) is 5.11 Å². The molecule has 1 aliphatic heterocycles. The molecule has 0 aromatic carbocycles. The highest BCUT2D eigenvalue weighted by Gasteiger charge is 2.28. The van der Waals surface area contributed by atoms with Crippen LogP contribution >= 0.6 is 0 Å². The molecule has 0 radical (unpaired) electrons. The number of hydrogen-bond acceptors (Lipinski definition) is 3. The predicted molar refractivity (Wildman–Crippen MR) is 55.2 cm³/mol.